The van der Waals surface area contributed by atoms with Crippen LogP contribution >= 0.6 is 23.1 Å². The number of hydrogen-bond acceptors (Lipinski definition) is 5. The Morgan fingerprint density at radius 3 is 2.90 bits per heavy atom. The van der Waals surface area contributed by atoms with E-state index in [0.717, 1.165) is 4.70 Å². The molecule has 9 heteroatoms. The Kier molecular flexibility index (Phi) is 4.39. The van der Waals surface area contributed by atoms with Crippen LogP contribution in [0.4, 0.5) is 18.9 Å². The summed E-state index contributed by atoms with van der Waals surface area (Å²) < 4.78 is 36.6. The van der Waals surface area contributed by atoms with Crippen molar-refractivity contribution in [2.24, 2.45) is 0 Å². The van der Waals surface area contributed by atoms with Crippen molar-refractivity contribution in [1.29, 1.82) is 0 Å². The smallest absolute Gasteiger partial charge is 0.396 e. The van der Waals surface area contributed by atoms with Gasteiger partial charge in [0.1, 0.15) is 10.4 Å². The Morgan fingerprint density at radius 2 is 2.25 bits per heavy atom. The quantitative estimate of drug-likeness (QED) is 0.850. The van der Waals surface area contributed by atoms with Crippen LogP contribution in [0.25, 0.3) is 10.2 Å². The molecule has 0 aliphatic carbocycles. The third-order valence-electron chi connectivity index (χ3n) is 2.34. The Hall–Kier alpha value is -1.48. The van der Waals surface area contributed by atoms with E-state index >= 15 is 0 Å². The number of nitrogens with two attached hydrogens (primary N) is 1. The van der Waals surface area contributed by atoms with E-state index in [1.807, 2.05) is 0 Å². The summed E-state index contributed by atoms with van der Waals surface area (Å²) in [4.78, 5) is 16.2. The molecule has 20 heavy (non-hydrogen) atoms. The Morgan fingerprint density at radius 1 is 1.50 bits per heavy atom. The van der Waals surface area contributed by atoms with E-state index in [1.54, 1.807) is 18.3 Å². The SMILES string of the molecule is Nc1c(C(=O)NCCSC(F)(F)F)sc2cccnc12. The zero-order valence-electron chi connectivity index (χ0n) is 10.0. The first-order valence-corrected chi connectivity index (χ1v) is 7.30. The highest BCUT2D eigenvalue weighted by atomic mass is 32.2. The van der Waals surface area contributed by atoms with Gasteiger partial charge in [-0.2, -0.15) is 13.2 Å². The Balaban J connectivity index is 1.99. The number of hydrogen-bond donors (Lipinski definition) is 2. The lowest BCUT2D eigenvalue weighted by Gasteiger charge is -2.06. The van der Waals surface area contributed by atoms with Gasteiger partial charge in [0.15, 0.2) is 0 Å². The monoisotopic (exact) mass is 321 g/mol. The van der Waals surface area contributed by atoms with Crippen molar-refractivity contribution in [1.82, 2.24) is 10.3 Å². The maximum atomic E-state index is 11.9. The number of thiophene rings is 1. The van der Waals surface area contributed by atoms with Crippen molar-refractivity contribution in [2.75, 3.05) is 18.0 Å². The summed E-state index contributed by atoms with van der Waals surface area (Å²) in [5.41, 5.74) is 2.32. The molecular formula is C11H10F3N3OS2. The number of amides is 1. The number of rotatable bonds is 4. The number of carbonyl (C=O) groups is 1. The van der Waals surface area contributed by atoms with Crippen LogP contribution in [-0.2, 0) is 0 Å². The minimum atomic E-state index is -4.29. The first kappa shape index (κ1) is 14.9. The number of halogens is 3. The van der Waals surface area contributed by atoms with E-state index in [0.29, 0.717) is 5.52 Å². The summed E-state index contributed by atoms with van der Waals surface area (Å²) in [6.45, 7) is -0.0792. The molecule has 0 aliphatic rings. The van der Waals surface area contributed by atoms with Crippen molar-refractivity contribution in [3.8, 4) is 0 Å². The minimum absolute atomic E-state index is 0.0792. The molecule has 2 aromatic rings. The zero-order chi connectivity index (χ0) is 14.8. The van der Waals surface area contributed by atoms with Crippen molar-refractivity contribution in [3.05, 3.63) is 23.2 Å². The maximum absolute atomic E-state index is 11.9. The second-order valence-electron chi connectivity index (χ2n) is 3.75. The van der Waals surface area contributed by atoms with Crippen molar-refractivity contribution >= 4 is 44.9 Å². The molecule has 3 N–H and O–H groups in total. The number of fused-ring (bicyclic) bond motifs is 1. The summed E-state index contributed by atoms with van der Waals surface area (Å²) in [5, 5.41) is 2.42. The molecule has 0 spiro atoms. The maximum Gasteiger partial charge on any atom is 0.441 e. The van der Waals surface area contributed by atoms with Gasteiger partial charge in [-0.3, -0.25) is 9.78 Å². The molecule has 4 nitrogen and oxygen atoms in total. The highest BCUT2D eigenvalue weighted by Gasteiger charge is 2.27. The number of anilines is 1. The number of nitrogens with one attached hydrogen (secondary N) is 1. The minimum Gasteiger partial charge on any atom is -0.396 e. The highest BCUT2D eigenvalue weighted by molar-refractivity contribution is 8.00. The number of nitrogen functional groups attached to an aromatic ring is 1. The second kappa shape index (κ2) is 5.88. The fourth-order valence-corrected chi connectivity index (χ4v) is 2.96. The molecule has 0 saturated heterocycles. The van der Waals surface area contributed by atoms with Gasteiger partial charge in [-0.05, 0) is 23.9 Å². The van der Waals surface area contributed by atoms with Crippen LogP contribution in [0.5, 0.6) is 0 Å². The molecule has 0 saturated carbocycles. The largest absolute Gasteiger partial charge is 0.441 e. The van der Waals surface area contributed by atoms with E-state index in [2.05, 4.69) is 10.3 Å². The van der Waals surface area contributed by atoms with Crippen molar-refractivity contribution in [3.63, 3.8) is 0 Å². The predicted molar refractivity (Wildman–Crippen MR) is 74.9 cm³/mol. The standard InChI is InChI=1S/C11H10F3N3OS2/c12-11(13,14)19-5-4-17-10(18)9-7(15)8-6(20-9)2-1-3-16-8/h1-3H,4-5,15H2,(H,17,18). The van der Waals surface area contributed by atoms with Crippen LogP contribution < -0.4 is 11.1 Å². The fourth-order valence-electron chi connectivity index (χ4n) is 1.53. The molecule has 0 unspecified atom stereocenters. The lowest BCUT2D eigenvalue weighted by atomic mass is 10.3. The van der Waals surface area contributed by atoms with Gasteiger partial charge in [-0.1, -0.05) is 0 Å². The van der Waals surface area contributed by atoms with Crippen LogP contribution in [0.15, 0.2) is 18.3 Å². The van der Waals surface area contributed by atoms with E-state index < -0.39 is 11.4 Å². The number of carbonyl (C=O) groups excluding carboxylic acids is 1. The van der Waals surface area contributed by atoms with Gasteiger partial charge in [0.05, 0.1) is 10.4 Å². The van der Waals surface area contributed by atoms with E-state index in [-0.39, 0.29) is 34.6 Å². The molecule has 0 aromatic carbocycles. The van der Waals surface area contributed by atoms with Crippen LogP contribution in [0.2, 0.25) is 0 Å². The average molecular weight is 321 g/mol. The van der Waals surface area contributed by atoms with Crippen LogP contribution in [-0.4, -0.2) is 28.7 Å². The summed E-state index contributed by atoms with van der Waals surface area (Å²) in [6, 6.07) is 3.50. The molecular weight excluding hydrogens is 311 g/mol. The third kappa shape index (κ3) is 3.54. The fraction of sp³-hybridized carbons (Fsp3) is 0.273. The number of thioether (sulfide) groups is 1. The van der Waals surface area contributed by atoms with Crippen molar-refractivity contribution < 1.29 is 18.0 Å². The average Bonchev–Trinajstić information content (AvgIpc) is 2.72. The Labute approximate surface area is 120 Å². The van der Waals surface area contributed by atoms with Gasteiger partial charge in [0.25, 0.3) is 5.91 Å². The normalized spacial score (nSPS) is 11.8. The number of pyridine rings is 1. The molecule has 2 heterocycles. The zero-order valence-corrected chi connectivity index (χ0v) is 11.7. The van der Waals surface area contributed by atoms with E-state index in [9.17, 15) is 18.0 Å². The second-order valence-corrected chi connectivity index (χ2v) is 5.96. The summed E-state index contributed by atoms with van der Waals surface area (Å²) in [5.74, 6) is -0.716. The van der Waals surface area contributed by atoms with Gasteiger partial charge in [-0.25, -0.2) is 0 Å². The van der Waals surface area contributed by atoms with Crippen LogP contribution in [0.1, 0.15) is 9.67 Å². The predicted octanol–water partition coefficient (Wildman–Crippen LogP) is 2.86. The molecule has 0 atom stereocenters. The first-order chi connectivity index (χ1) is 9.38. The first-order valence-electron chi connectivity index (χ1n) is 5.50. The summed E-state index contributed by atoms with van der Waals surface area (Å²) in [7, 11) is 0. The lowest BCUT2D eigenvalue weighted by molar-refractivity contribution is -0.0327. The summed E-state index contributed by atoms with van der Waals surface area (Å²) in [6.07, 6.45) is 1.56. The highest BCUT2D eigenvalue weighted by Crippen LogP contribution is 2.32. The van der Waals surface area contributed by atoms with E-state index in [1.165, 1.54) is 11.3 Å². The number of nitrogens with zero attached hydrogens (tertiary/aromatic N) is 1. The number of aromatic nitrogens is 1. The molecule has 0 bridgehead atoms. The Bertz CT molecular complexity index is 627. The molecule has 0 fully saturated rings. The summed E-state index contributed by atoms with van der Waals surface area (Å²) >= 11 is 0.992. The lowest BCUT2D eigenvalue weighted by Crippen LogP contribution is -2.26. The van der Waals surface area contributed by atoms with E-state index in [4.69, 9.17) is 5.73 Å². The van der Waals surface area contributed by atoms with Gasteiger partial charge < -0.3 is 11.1 Å². The van der Waals surface area contributed by atoms with Gasteiger partial charge >= 0.3 is 5.51 Å². The molecule has 0 aliphatic heterocycles. The molecule has 1 amide bonds. The molecule has 0 radical (unpaired) electrons. The number of alkyl halides is 3. The molecule has 2 rings (SSSR count). The topological polar surface area (TPSA) is 68.0 Å². The molecule has 108 valence electrons. The van der Waals surface area contributed by atoms with Gasteiger partial charge in [0.2, 0.25) is 0 Å². The molecule has 2 aromatic heterocycles. The van der Waals surface area contributed by atoms with Crippen LogP contribution in [0, 0.1) is 0 Å². The van der Waals surface area contributed by atoms with Crippen molar-refractivity contribution in [2.45, 2.75) is 5.51 Å². The van der Waals surface area contributed by atoms with Gasteiger partial charge in [0, 0.05) is 18.5 Å². The van der Waals surface area contributed by atoms with Crippen LogP contribution in [0.3, 0.4) is 0 Å². The van der Waals surface area contributed by atoms with Gasteiger partial charge in [-0.15, -0.1) is 11.3 Å². The third-order valence-corrected chi connectivity index (χ3v) is 4.24.